The molecule has 1 rings (SSSR count). The van der Waals surface area contributed by atoms with Gasteiger partial charge in [0.25, 0.3) is 0 Å². The van der Waals surface area contributed by atoms with Crippen molar-refractivity contribution >= 4 is 11.6 Å². The van der Waals surface area contributed by atoms with Gasteiger partial charge in [-0.25, -0.2) is 0 Å². The van der Waals surface area contributed by atoms with Gasteiger partial charge in [-0.3, -0.25) is 4.79 Å². The Morgan fingerprint density at radius 3 is 2.28 bits per heavy atom. The highest BCUT2D eigenvalue weighted by Crippen LogP contribution is 2.18. The minimum atomic E-state index is -0.545. The van der Waals surface area contributed by atoms with Crippen molar-refractivity contribution in [3.8, 4) is 0 Å². The van der Waals surface area contributed by atoms with Crippen LogP contribution in [0.25, 0.3) is 0 Å². The molecule has 1 aromatic carbocycles. The van der Waals surface area contributed by atoms with Gasteiger partial charge in [0.15, 0.2) is 0 Å². The first-order valence-electron chi connectivity index (χ1n) is 6.48. The molecule has 1 aromatic rings. The van der Waals surface area contributed by atoms with E-state index in [1.807, 2.05) is 33.0 Å². The number of benzene rings is 1. The maximum Gasteiger partial charge on any atom is 0.246 e. The van der Waals surface area contributed by atoms with Gasteiger partial charge in [-0.15, -0.1) is 0 Å². The summed E-state index contributed by atoms with van der Waals surface area (Å²) >= 11 is 0. The smallest absolute Gasteiger partial charge is 0.246 e. The Labute approximate surface area is 110 Å². The zero-order valence-electron chi connectivity index (χ0n) is 12.1. The molecular weight excluding hydrogens is 224 g/mol. The Morgan fingerprint density at radius 2 is 1.83 bits per heavy atom. The third-order valence-electron chi connectivity index (χ3n) is 3.33. The molecule has 1 N–H and O–H groups in total. The van der Waals surface area contributed by atoms with Crippen LogP contribution in [0.15, 0.2) is 24.3 Å². The van der Waals surface area contributed by atoms with Crippen molar-refractivity contribution in [2.75, 3.05) is 19.0 Å². The molecule has 3 heteroatoms. The molecule has 0 fully saturated rings. The van der Waals surface area contributed by atoms with Crippen LogP contribution in [0.1, 0.15) is 32.8 Å². The van der Waals surface area contributed by atoms with Crippen LogP contribution in [0.5, 0.6) is 0 Å². The van der Waals surface area contributed by atoms with Gasteiger partial charge in [0.1, 0.15) is 0 Å². The minimum Gasteiger partial charge on any atom is -0.314 e. The lowest BCUT2D eigenvalue weighted by atomic mass is 10.0. The van der Waals surface area contributed by atoms with Crippen molar-refractivity contribution in [3.05, 3.63) is 29.8 Å². The zero-order valence-corrected chi connectivity index (χ0v) is 12.1. The van der Waals surface area contributed by atoms with Crippen molar-refractivity contribution in [1.29, 1.82) is 0 Å². The highest BCUT2D eigenvalue weighted by atomic mass is 16.2. The second-order valence-electron chi connectivity index (χ2n) is 5.16. The van der Waals surface area contributed by atoms with Crippen LogP contribution in [0.4, 0.5) is 5.69 Å². The van der Waals surface area contributed by atoms with Crippen molar-refractivity contribution in [2.45, 2.75) is 39.2 Å². The standard InChI is InChI=1S/C15H24N2O/c1-6-7-12-8-10-13(11-9-12)17(5)14(18)15(2,3)16-4/h8-11,16H,6-7H2,1-5H3. The first-order chi connectivity index (χ1) is 8.42. The molecule has 0 heterocycles. The zero-order chi connectivity index (χ0) is 13.8. The summed E-state index contributed by atoms with van der Waals surface area (Å²) < 4.78 is 0. The van der Waals surface area contributed by atoms with Gasteiger partial charge >= 0.3 is 0 Å². The molecule has 1 amide bonds. The molecule has 0 saturated carbocycles. The van der Waals surface area contributed by atoms with E-state index in [-0.39, 0.29) is 5.91 Å². The number of hydrogen-bond donors (Lipinski definition) is 1. The van der Waals surface area contributed by atoms with Gasteiger partial charge in [-0.05, 0) is 45.0 Å². The molecule has 0 bridgehead atoms. The van der Waals surface area contributed by atoms with Crippen LogP contribution in [-0.2, 0) is 11.2 Å². The number of amides is 1. The van der Waals surface area contributed by atoms with Crippen molar-refractivity contribution in [2.24, 2.45) is 0 Å². The summed E-state index contributed by atoms with van der Waals surface area (Å²) in [5.74, 6) is 0.0632. The molecular formula is C15H24N2O. The summed E-state index contributed by atoms with van der Waals surface area (Å²) in [5.41, 5.74) is 1.70. The van der Waals surface area contributed by atoms with E-state index in [9.17, 15) is 4.79 Å². The predicted molar refractivity (Wildman–Crippen MR) is 77.0 cm³/mol. The second kappa shape index (κ2) is 6.01. The number of carbonyl (C=O) groups excluding carboxylic acids is 1. The van der Waals surface area contributed by atoms with E-state index in [1.54, 1.807) is 11.9 Å². The first-order valence-corrected chi connectivity index (χ1v) is 6.48. The Hall–Kier alpha value is -1.35. The van der Waals surface area contributed by atoms with E-state index in [1.165, 1.54) is 5.56 Å². The summed E-state index contributed by atoms with van der Waals surface area (Å²) in [5, 5.41) is 3.03. The topological polar surface area (TPSA) is 32.3 Å². The number of nitrogens with zero attached hydrogens (tertiary/aromatic N) is 1. The minimum absolute atomic E-state index is 0.0632. The number of hydrogen-bond acceptors (Lipinski definition) is 2. The lowest BCUT2D eigenvalue weighted by Gasteiger charge is -2.29. The Balaban J connectivity index is 2.84. The number of carbonyl (C=O) groups is 1. The largest absolute Gasteiger partial charge is 0.314 e. The SMILES string of the molecule is CCCc1ccc(N(C)C(=O)C(C)(C)NC)cc1. The summed E-state index contributed by atoms with van der Waals surface area (Å²) in [6.07, 6.45) is 2.22. The van der Waals surface area contributed by atoms with Crippen LogP contribution in [0.2, 0.25) is 0 Å². The molecule has 0 saturated heterocycles. The average molecular weight is 248 g/mol. The molecule has 0 aliphatic rings. The lowest BCUT2D eigenvalue weighted by Crippen LogP contribution is -2.51. The predicted octanol–water partition coefficient (Wildman–Crippen LogP) is 2.60. The van der Waals surface area contributed by atoms with Crippen LogP contribution < -0.4 is 10.2 Å². The monoisotopic (exact) mass is 248 g/mol. The number of rotatable bonds is 5. The maximum absolute atomic E-state index is 12.3. The fourth-order valence-electron chi connectivity index (χ4n) is 1.82. The number of aryl methyl sites for hydroxylation is 1. The summed E-state index contributed by atoms with van der Waals surface area (Å²) in [6, 6.07) is 8.20. The lowest BCUT2D eigenvalue weighted by molar-refractivity contribution is -0.123. The highest BCUT2D eigenvalue weighted by molar-refractivity contribution is 5.99. The van der Waals surface area contributed by atoms with Crippen molar-refractivity contribution in [1.82, 2.24) is 5.32 Å². The maximum atomic E-state index is 12.3. The first kappa shape index (κ1) is 14.7. The quantitative estimate of drug-likeness (QED) is 0.868. The van der Waals surface area contributed by atoms with Gasteiger partial charge in [-0.1, -0.05) is 25.5 Å². The van der Waals surface area contributed by atoms with Gasteiger partial charge in [-0.2, -0.15) is 0 Å². The van der Waals surface area contributed by atoms with E-state index in [2.05, 4.69) is 24.4 Å². The molecule has 100 valence electrons. The Kier molecular flexibility index (Phi) is 4.91. The summed E-state index contributed by atoms with van der Waals surface area (Å²) in [6.45, 7) is 5.94. The van der Waals surface area contributed by atoms with Crippen molar-refractivity contribution in [3.63, 3.8) is 0 Å². The van der Waals surface area contributed by atoms with Crippen LogP contribution in [-0.4, -0.2) is 25.5 Å². The van der Waals surface area contributed by atoms with Crippen molar-refractivity contribution < 1.29 is 4.79 Å². The molecule has 0 atom stereocenters. The van der Waals surface area contributed by atoms with Gasteiger partial charge in [0.05, 0.1) is 5.54 Å². The van der Waals surface area contributed by atoms with E-state index in [0.29, 0.717) is 0 Å². The third-order valence-corrected chi connectivity index (χ3v) is 3.33. The van der Waals surface area contributed by atoms with E-state index < -0.39 is 5.54 Å². The Bertz CT molecular complexity index is 395. The second-order valence-corrected chi connectivity index (χ2v) is 5.16. The van der Waals surface area contributed by atoms with E-state index in [4.69, 9.17) is 0 Å². The van der Waals surface area contributed by atoms with Gasteiger partial charge in [0, 0.05) is 12.7 Å². The molecule has 3 nitrogen and oxygen atoms in total. The van der Waals surface area contributed by atoms with E-state index in [0.717, 1.165) is 18.5 Å². The van der Waals surface area contributed by atoms with Crippen LogP contribution in [0, 0.1) is 0 Å². The molecule has 0 spiro atoms. The molecule has 0 radical (unpaired) electrons. The Morgan fingerprint density at radius 1 is 1.28 bits per heavy atom. The molecule has 0 aliphatic heterocycles. The molecule has 18 heavy (non-hydrogen) atoms. The number of anilines is 1. The third kappa shape index (κ3) is 3.33. The molecule has 0 unspecified atom stereocenters. The van der Waals surface area contributed by atoms with E-state index >= 15 is 0 Å². The molecule has 0 aromatic heterocycles. The fraction of sp³-hybridized carbons (Fsp3) is 0.533. The van der Waals surface area contributed by atoms with Crippen LogP contribution in [0.3, 0.4) is 0 Å². The average Bonchev–Trinajstić information content (AvgIpc) is 2.38. The normalized spacial score (nSPS) is 11.4. The highest BCUT2D eigenvalue weighted by Gasteiger charge is 2.28. The molecule has 0 aliphatic carbocycles. The number of nitrogens with one attached hydrogen (secondary N) is 1. The summed E-state index contributed by atoms with van der Waals surface area (Å²) in [4.78, 5) is 14.0. The van der Waals surface area contributed by atoms with Crippen LogP contribution >= 0.6 is 0 Å². The fourth-order valence-corrected chi connectivity index (χ4v) is 1.82. The summed E-state index contributed by atoms with van der Waals surface area (Å²) in [7, 11) is 3.62. The van der Waals surface area contributed by atoms with Gasteiger partial charge < -0.3 is 10.2 Å². The van der Waals surface area contributed by atoms with Gasteiger partial charge in [0.2, 0.25) is 5.91 Å². The number of likely N-dealkylation sites (N-methyl/N-ethyl adjacent to an activating group) is 2.